The molecule has 104 valence electrons. The first kappa shape index (κ1) is 16.1. The maximum absolute atomic E-state index is 12.4. The average molecular weight is 301 g/mol. The van der Waals surface area contributed by atoms with Crippen LogP contribution in [-0.4, -0.2) is 18.4 Å². The van der Waals surface area contributed by atoms with E-state index >= 15 is 0 Å². The summed E-state index contributed by atoms with van der Waals surface area (Å²) in [6.07, 6.45) is 1.16. The van der Waals surface area contributed by atoms with E-state index in [9.17, 15) is 9.59 Å². The van der Waals surface area contributed by atoms with Crippen molar-refractivity contribution in [3.63, 3.8) is 0 Å². The van der Waals surface area contributed by atoms with Crippen molar-refractivity contribution in [1.82, 2.24) is 0 Å². The summed E-state index contributed by atoms with van der Waals surface area (Å²) in [5.41, 5.74) is 0.320. The van der Waals surface area contributed by atoms with Crippen molar-refractivity contribution in [2.75, 3.05) is 6.61 Å². The van der Waals surface area contributed by atoms with E-state index < -0.39 is 11.9 Å². The fourth-order valence-electron chi connectivity index (χ4n) is 1.78. The van der Waals surface area contributed by atoms with Crippen LogP contribution in [0.1, 0.15) is 37.0 Å². The first-order valence-corrected chi connectivity index (χ1v) is 7.03. The standard InChI is InChI=1S/C14H17ClO3S/c1-3-5-10(14(17)18-4-2)13(16)11-8-9(19)6-7-12(11)15/h6-8,10,19H,3-5H2,1-2H3. The number of esters is 1. The average Bonchev–Trinajstić information content (AvgIpc) is 2.38. The lowest BCUT2D eigenvalue weighted by molar-refractivity contribution is -0.146. The van der Waals surface area contributed by atoms with Gasteiger partial charge < -0.3 is 4.74 Å². The zero-order chi connectivity index (χ0) is 14.4. The van der Waals surface area contributed by atoms with Gasteiger partial charge in [-0.05, 0) is 31.5 Å². The molecular weight excluding hydrogens is 284 g/mol. The predicted octanol–water partition coefficient (Wildman–Crippen LogP) is 3.79. The Bertz CT molecular complexity index is 474. The van der Waals surface area contributed by atoms with Gasteiger partial charge in [-0.2, -0.15) is 0 Å². The molecule has 3 nitrogen and oxygen atoms in total. The van der Waals surface area contributed by atoms with Crippen LogP contribution in [0.2, 0.25) is 5.02 Å². The Hall–Kier alpha value is -1.00. The van der Waals surface area contributed by atoms with Crippen LogP contribution in [0.5, 0.6) is 0 Å². The third kappa shape index (κ3) is 4.25. The maximum Gasteiger partial charge on any atom is 0.316 e. The second-order valence-corrected chi connectivity index (χ2v) is 5.05. The van der Waals surface area contributed by atoms with Crippen LogP contribution >= 0.6 is 24.2 Å². The molecule has 0 aliphatic rings. The van der Waals surface area contributed by atoms with Gasteiger partial charge in [0.05, 0.1) is 11.6 Å². The summed E-state index contributed by atoms with van der Waals surface area (Å²) >= 11 is 10.2. The highest BCUT2D eigenvalue weighted by Gasteiger charge is 2.29. The third-order valence-corrected chi connectivity index (χ3v) is 3.29. The molecule has 0 saturated carbocycles. The van der Waals surface area contributed by atoms with Crippen molar-refractivity contribution >= 4 is 36.0 Å². The van der Waals surface area contributed by atoms with Crippen molar-refractivity contribution in [2.45, 2.75) is 31.6 Å². The van der Waals surface area contributed by atoms with Gasteiger partial charge in [-0.25, -0.2) is 0 Å². The summed E-state index contributed by atoms with van der Waals surface area (Å²) in [5.74, 6) is -1.59. The first-order valence-electron chi connectivity index (χ1n) is 6.20. The van der Waals surface area contributed by atoms with E-state index in [4.69, 9.17) is 16.3 Å². The molecule has 0 saturated heterocycles. The van der Waals surface area contributed by atoms with Gasteiger partial charge in [0.1, 0.15) is 5.92 Å². The Morgan fingerprint density at radius 1 is 1.37 bits per heavy atom. The molecule has 0 fully saturated rings. The number of ketones is 1. The Morgan fingerprint density at radius 3 is 2.63 bits per heavy atom. The highest BCUT2D eigenvalue weighted by Crippen LogP contribution is 2.25. The third-order valence-electron chi connectivity index (χ3n) is 2.68. The highest BCUT2D eigenvalue weighted by molar-refractivity contribution is 7.80. The van der Waals surface area contributed by atoms with Crippen molar-refractivity contribution in [3.8, 4) is 0 Å². The molecule has 0 aliphatic heterocycles. The van der Waals surface area contributed by atoms with Crippen LogP contribution in [0.4, 0.5) is 0 Å². The largest absolute Gasteiger partial charge is 0.465 e. The van der Waals surface area contributed by atoms with Gasteiger partial charge in [0.25, 0.3) is 0 Å². The molecule has 1 aromatic carbocycles. The van der Waals surface area contributed by atoms with Crippen LogP contribution in [0.3, 0.4) is 0 Å². The summed E-state index contributed by atoms with van der Waals surface area (Å²) < 4.78 is 4.95. The Morgan fingerprint density at radius 2 is 2.05 bits per heavy atom. The topological polar surface area (TPSA) is 43.4 Å². The quantitative estimate of drug-likeness (QED) is 0.376. The SMILES string of the molecule is CCCC(C(=O)OCC)C(=O)c1cc(S)ccc1Cl. The predicted molar refractivity (Wildman–Crippen MR) is 78.1 cm³/mol. The van der Waals surface area contributed by atoms with Crippen LogP contribution in [-0.2, 0) is 9.53 Å². The van der Waals surface area contributed by atoms with Gasteiger partial charge in [-0.15, -0.1) is 12.6 Å². The van der Waals surface area contributed by atoms with Crippen molar-refractivity contribution in [2.24, 2.45) is 5.92 Å². The van der Waals surface area contributed by atoms with Gasteiger partial charge in [-0.1, -0.05) is 24.9 Å². The summed E-state index contributed by atoms with van der Waals surface area (Å²) in [6, 6.07) is 4.88. The molecule has 1 rings (SSSR count). The molecule has 0 amide bonds. The monoisotopic (exact) mass is 300 g/mol. The van der Waals surface area contributed by atoms with Crippen molar-refractivity contribution in [1.29, 1.82) is 0 Å². The zero-order valence-electron chi connectivity index (χ0n) is 11.0. The smallest absolute Gasteiger partial charge is 0.316 e. The van der Waals surface area contributed by atoms with E-state index in [1.54, 1.807) is 25.1 Å². The molecular formula is C14H17ClO3S. The molecule has 5 heteroatoms. The minimum atomic E-state index is -0.794. The fraction of sp³-hybridized carbons (Fsp3) is 0.429. The van der Waals surface area contributed by atoms with Crippen molar-refractivity contribution in [3.05, 3.63) is 28.8 Å². The van der Waals surface area contributed by atoms with Gasteiger partial charge >= 0.3 is 5.97 Å². The number of ether oxygens (including phenoxy) is 1. The number of Topliss-reactive ketones (excluding diaryl/α,β-unsaturated/α-hetero) is 1. The van der Waals surface area contributed by atoms with Gasteiger partial charge in [0.15, 0.2) is 5.78 Å². The molecule has 0 N–H and O–H groups in total. The van der Waals surface area contributed by atoms with E-state index in [2.05, 4.69) is 12.6 Å². The maximum atomic E-state index is 12.4. The van der Waals surface area contributed by atoms with E-state index in [1.807, 2.05) is 6.92 Å². The zero-order valence-corrected chi connectivity index (χ0v) is 12.6. The van der Waals surface area contributed by atoms with E-state index in [1.165, 1.54) is 0 Å². The van der Waals surface area contributed by atoms with Gasteiger partial charge in [0, 0.05) is 10.5 Å². The Labute approximate surface area is 123 Å². The van der Waals surface area contributed by atoms with Crippen LogP contribution < -0.4 is 0 Å². The molecule has 1 aromatic rings. The molecule has 0 aliphatic carbocycles. The summed E-state index contributed by atoms with van der Waals surface area (Å²) in [7, 11) is 0. The molecule has 0 radical (unpaired) electrons. The van der Waals surface area contributed by atoms with E-state index in [0.717, 1.165) is 0 Å². The van der Waals surface area contributed by atoms with Gasteiger partial charge in [-0.3, -0.25) is 9.59 Å². The summed E-state index contributed by atoms with van der Waals surface area (Å²) in [6.45, 7) is 3.88. The van der Waals surface area contributed by atoms with Crippen LogP contribution in [0.15, 0.2) is 23.1 Å². The number of thiol groups is 1. The first-order chi connectivity index (χ1) is 9.01. The lowest BCUT2D eigenvalue weighted by atomic mass is 9.93. The van der Waals surface area contributed by atoms with Gasteiger partial charge in [0.2, 0.25) is 0 Å². The minimum Gasteiger partial charge on any atom is -0.465 e. The van der Waals surface area contributed by atoms with Crippen LogP contribution in [0.25, 0.3) is 0 Å². The summed E-state index contributed by atoms with van der Waals surface area (Å²) in [5, 5.41) is 0.327. The molecule has 1 unspecified atom stereocenters. The molecule has 1 atom stereocenters. The number of benzene rings is 1. The second-order valence-electron chi connectivity index (χ2n) is 4.12. The molecule has 0 heterocycles. The van der Waals surface area contributed by atoms with Crippen LogP contribution in [0, 0.1) is 5.92 Å². The molecule has 0 aromatic heterocycles. The summed E-state index contributed by atoms with van der Waals surface area (Å²) in [4.78, 5) is 24.9. The Kier molecular flexibility index (Phi) is 6.38. The number of rotatable bonds is 6. The number of hydrogen-bond acceptors (Lipinski definition) is 4. The van der Waals surface area contributed by atoms with E-state index in [0.29, 0.717) is 28.3 Å². The number of hydrogen-bond donors (Lipinski definition) is 1. The lowest BCUT2D eigenvalue weighted by Crippen LogP contribution is -2.26. The normalized spacial score (nSPS) is 12.0. The fourth-order valence-corrected chi connectivity index (χ4v) is 2.19. The van der Waals surface area contributed by atoms with Crippen molar-refractivity contribution < 1.29 is 14.3 Å². The number of halogens is 1. The van der Waals surface area contributed by atoms with E-state index in [-0.39, 0.29) is 12.4 Å². The lowest BCUT2D eigenvalue weighted by Gasteiger charge is -2.14. The number of carbonyl (C=O) groups is 2. The minimum absolute atomic E-state index is 0.257. The highest BCUT2D eigenvalue weighted by atomic mass is 35.5. The Balaban J connectivity index is 3.05. The molecule has 0 spiro atoms. The number of carbonyl (C=O) groups excluding carboxylic acids is 2. The molecule has 19 heavy (non-hydrogen) atoms. The molecule has 0 bridgehead atoms. The second kappa shape index (κ2) is 7.56.